The van der Waals surface area contributed by atoms with Gasteiger partial charge < -0.3 is 15.0 Å². The number of benzene rings is 1. The molecule has 1 aromatic rings. The molecule has 35 heavy (non-hydrogen) atoms. The molecule has 3 rings (SSSR count). The van der Waals surface area contributed by atoms with Crippen LogP contribution in [0.25, 0.3) is 0 Å². The molecule has 2 unspecified atom stereocenters. The minimum Gasteiger partial charge on any atom is -0.378 e. The first-order valence-corrected chi connectivity index (χ1v) is 11.4. The zero-order valence-corrected chi connectivity index (χ0v) is 20.0. The van der Waals surface area contributed by atoms with Gasteiger partial charge in [-0.1, -0.05) is 0 Å². The number of hydrogen-bond acceptors (Lipinski definition) is 7. The fourth-order valence-corrected chi connectivity index (χ4v) is 4.04. The van der Waals surface area contributed by atoms with Crippen molar-refractivity contribution in [3.63, 3.8) is 0 Å². The highest BCUT2D eigenvalue weighted by molar-refractivity contribution is 5.97. The van der Waals surface area contributed by atoms with E-state index in [9.17, 15) is 28.8 Å². The molecule has 0 bridgehead atoms. The summed E-state index contributed by atoms with van der Waals surface area (Å²) in [7, 11) is 3.74. The Labute approximate surface area is 203 Å². The molecule has 2 heterocycles. The van der Waals surface area contributed by atoms with E-state index in [4.69, 9.17) is 0 Å². The third kappa shape index (κ3) is 5.94. The van der Waals surface area contributed by atoms with E-state index in [-0.39, 0.29) is 44.0 Å². The van der Waals surface area contributed by atoms with E-state index in [1.807, 2.05) is 19.0 Å². The molecule has 2 aliphatic rings. The summed E-state index contributed by atoms with van der Waals surface area (Å²) in [5.74, 6) is -1.83. The number of urea groups is 1. The van der Waals surface area contributed by atoms with Crippen LogP contribution in [0.1, 0.15) is 43.0 Å². The van der Waals surface area contributed by atoms with Crippen LogP contribution in [0.5, 0.6) is 0 Å². The van der Waals surface area contributed by atoms with Crippen molar-refractivity contribution >= 4 is 41.5 Å². The topological polar surface area (TPSA) is 139 Å². The van der Waals surface area contributed by atoms with Gasteiger partial charge in [0.25, 0.3) is 5.91 Å². The lowest BCUT2D eigenvalue weighted by molar-refractivity contribution is -0.155. The van der Waals surface area contributed by atoms with Crippen molar-refractivity contribution in [1.82, 2.24) is 25.8 Å². The number of fused-ring (bicyclic) bond motifs is 1. The van der Waals surface area contributed by atoms with Crippen molar-refractivity contribution in [1.29, 1.82) is 0 Å². The predicted molar refractivity (Wildman–Crippen MR) is 125 cm³/mol. The number of hydrazine groups is 2. The average Bonchev–Trinajstić information content (AvgIpc) is 2.95. The molecule has 2 saturated heterocycles. The number of carbonyl (C=O) groups excluding carboxylic acids is 6. The van der Waals surface area contributed by atoms with E-state index in [1.165, 1.54) is 11.9 Å². The first kappa shape index (κ1) is 25.7. The summed E-state index contributed by atoms with van der Waals surface area (Å²) in [6, 6.07) is 3.93. The summed E-state index contributed by atoms with van der Waals surface area (Å²) in [5.41, 5.74) is 3.76. The quantitative estimate of drug-likeness (QED) is 0.497. The Morgan fingerprint density at radius 2 is 1.83 bits per heavy atom. The molecular weight excluding hydrogens is 456 g/mol. The zero-order chi connectivity index (χ0) is 25.7. The Morgan fingerprint density at radius 1 is 1.14 bits per heavy atom. The second-order valence-corrected chi connectivity index (χ2v) is 8.74. The number of amides is 5. The molecule has 0 spiro atoms. The van der Waals surface area contributed by atoms with Gasteiger partial charge in [0.05, 0.1) is 12.6 Å². The fourth-order valence-electron chi connectivity index (χ4n) is 4.04. The first-order valence-electron chi connectivity index (χ1n) is 11.4. The largest absolute Gasteiger partial charge is 0.378 e. The highest BCUT2D eigenvalue weighted by Gasteiger charge is 2.44. The van der Waals surface area contributed by atoms with Crippen LogP contribution in [0, 0.1) is 0 Å². The molecule has 0 aliphatic carbocycles. The molecule has 12 heteroatoms. The van der Waals surface area contributed by atoms with Crippen LogP contribution in [0.3, 0.4) is 0 Å². The number of nitrogens with one attached hydrogen (secondary N) is 2. The van der Waals surface area contributed by atoms with E-state index in [2.05, 4.69) is 10.7 Å². The van der Waals surface area contributed by atoms with E-state index in [0.29, 0.717) is 18.3 Å². The predicted octanol–water partition coefficient (Wildman–Crippen LogP) is 0.0939. The van der Waals surface area contributed by atoms with Crippen LogP contribution in [0.15, 0.2) is 24.3 Å². The van der Waals surface area contributed by atoms with Gasteiger partial charge in [0.2, 0.25) is 11.8 Å². The van der Waals surface area contributed by atoms with Crippen LogP contribution in [-0.2, 0) is 19.2 Å². The maximum Gasteiger partial charge on any atom is 0.358 e. The molecule has 188 valence electrons. The third-order valence-electron chi connectivity index (χ3n) is 5.85. The molecule has 0 saturated carbocycles. The maximum absolute atomic E-state index is 13.4. The van der Waals surface area contributed by atoms with Crippen molar-refractivity contribution in [3.05, 3.63) is 29.8 Å². The summed E-state index contributed by atoms with van der Waals surface area (Å²) < 4.78 is 0. The zero-order valence-electron chi connectivity index (χ0n) is 20.0. The SMILES string of the molecule is CC(=O)CC(C=O)NC(=O)C1CCCN2C(=O)CCN(NC(=O)c3ccc(N(C)C)cc3)C(=O)N12. The van der Waals surface area contributed by atoms with Gasteiger partial charge >= 0.3 is 6.03 Å². The minimum absolute atomic E-state index is 0.0439. The van der Waals surface area contributed by atoms with Gasteiger partial charge in [0.15, 0.2) is 0 Å². The van der Waals surface area contributed by atoms with Crippen LogP contribution in [0.4, 0.5) is 10.5 Å². The summed E-state index contributed by atoms with van der Waals surface area (Å²) in [6.07, 6.45) is 0.964. The lowest BCUT2D eigenvalue weighted by Crippen LogP contribution is -2.64. The molecular formula is C23H30N6O6. The highest BCUT2D eigenvalue weighted by Crippen LogP contribution is 2.24. The molecule has 0 radical (unpaired) electrons. The van der Waals surface area contributed by atoms with Crippen LogP contribution in [-0.4, -0.2) is 90.1 Å². The van der Waals surface area contributed by atoms with E-state index in [0.717, 1.165) is 15.7 Å². The van der Waals surface area contributed by atoms with Crippen LogP contribution < -0.4 is 15.6 Å². The summed E-state index contributed by atoms with van der Waals surface area (Å²) in [5, 5.41) is 5.77. The fraction of sp³-hybridized carbons (Fsp3) is 0.478. The average molecular weight is 487 g/mol. The monoisotopic (exact) mass is 486 g/mol. The molecule has 2 aliphatic heterocycles. The maximum atomic E-state index is 13.4. The molecule has 1 aromatic carbocycles. The minimum atomic E-state index is -1.08. The lowest BCUT2D eigenvalue weighted by Gasteiger charge is -2.43. The second kappa shape index (κ2) is 11.0. The van der Waals surface area contributed by atoms with E-state index in [1.54, 1.807) is 24.3 Å². The second-order valence-electron chi connectivity index (χ2n) is 8.74. The molecule has 2 fully saturated rings. The Bertz CT molecular complexity index is 1010. The van der Waals surface area contributed by atoms with Gasteiger partial charge in [-0.25, -0.2) is 19.8 Å². The van der Waals surface area contributed by atoms with Gasteiger partial charge in [-0.15, -0.1) is 0 Å². The standard InChI is InChI=1S/C23H30N6O6/c1-15(31)13-17(14-30)24-22(34)19-5-4-11-28-20(32)10-12-27(23(35)29(19)28)25-21(33)16-6-8-18(9-7-16)26(2)3/h6-9,14,17,19H,4-5,10-13H2,1-3H3,(H,24,34)(H,25,33). The lowest BCUT2D eigenvalue weighted by atomic mass is 10.1. The summed E-state index contributed by atoms with van der Waals surface area (Å²) in [4.78, 5) is 76.5. The third-order valence-corrected chi connectivity index (χ3v) is 5.85. The Balaban J connectivity index is 1.79. The van der Waals surface area contributed by atoms with Gasteiger partial charge in [0.1, 0.15) is 18.1 Å². The van der Waals surface area contributed by atoms with Gasteiger partial charge in [0, 0.05) is 44.7 Å². The van der Waals surface area contributed by atoms with E-state index >= 15 is 0 Å². The Hall–Kier alpha value is -3.96. The molecule has 5 amide bonds. The Morgan fingerprint density at radius 3 is 2.43 bits per heavy atom. The van der Waals surface area contributed by atoms with Crippen molar-refractivity contribution in [2.24, 2.45) is 0 Å². The number of rotatable bonds is 8. The number of carbonyl (C=O) groups is 6. The summed E-state index contributed by atoms with van der Waals surface area (Å²) >= 11 is 0. The van der Waals surface area contributed by atoms with Crippen molar-refractivity contribution in [2.75, 3.05) is 32.1 Å². The summed E-state index contributed by atoms with van der Waals surface area (Å²) in [6.45, 7) is 1.48. The van der Waals surface area contributed by atoms with Crippen molar-refractivity contribution in [3.8, 4) is 0 Å². The highest BCUT2D eigenvalue weighted by atomic mass is 16.2. The molecule has 0 aromatic heterocycles. The molecule has 2 N–H and O–H groups in total. The number of aldehydes is 1. The van der Waals surface area contributed by atoms with Crippen molar-refractivity contribution < 1.29 is 28.8 Å². The number of hydrogen-bond donors (Lipinski definition) is 2. The van der Waals surface area contributed by atoms with Crippen LogP contribution >= 0.6 is 0 Å². The first-order chi connectivity index (χ1) is 16.6. The number of ketones is 1. The normalized spacial score (nSPS) is 18.8. The number of Topliss-reactive ketones (excluding diaryl/α,β-unsaturated/α-hetero) is 1. The Kier molecular flexibility index (Phi) is 8.05. The molecule has 12 nitrogen and oxygen atoms in total. The number of nitrogens with zero attached hydrogens (tertiary/aromatic N) is 4. The van der Waals surface area contributed by atoms with Gasteiger partial charge in [-0.05, 0) is 44.0 Å². The van der Waals surface area contributed by atoms with Gasteiger partial charge in [-0.3, -0.25) is 24.6 Å². The number of anilines is 1. The van der Waals surface area contributed by atoms with Crippen LogP contribution in [0.2, 0.25) is 0 Å². The van der Waals surface area contributed by atoms with E-state index < -0.39 is 29.9 Å². The van der Waals surface area contributed by atoms with Gasteiger partial charge in [-0.2, -0.15) is 0 Å². The molecule has 2 atom stereocenters. The van der Waals surface area contributed by atoms with Crippen molar-refractivity contribution in [2.45, 2.75) is 44.7 Å². The smallest absolute Gasteiger partial charge is 0.358 e.